The predicted molar refractivity (Wildman–Crippen MR) is 42.7 cm³/mol. The molecule has 0 amide bonds. The highest BCUT2D eigenvalue weighted by atomic mass is 32.2. The lowest BCUT2D eigenvalue weighted by Gasteiger charge is -2.35. The molecule has 0 bridgehead atoms. The summed E-state index contributed by atoms with van der Waals surface area (Å²) in [4.78, 5) is 21.3. The molecule has 4 heteroatoms. The Kier molecular flexibility index (Phi) is 2.23. The average molecular weight is 174 g/mol. The van der Waals surface area contributed by atoms with E-state index in [2.05, 4.69) is 0 Å². The minimum Gasteiger partial charge on any atom is -0.481 e. The smallest absolute Gasteiger partial charge is 0.311 e. The van der Waals surface area contributed by atoms with Gasteiger partial charge in [0.15, 0.2) is 0 Å². The number of Topliss-reactive ketones (excluding diaryl/α,β-unsaturated/α-hetero) is 1. The van der Waals surface area contributed by atoms with Crippen molar-refractivity contribution in [3.8, 4) is 0 Å². The molecular formula is C7H10O3S. The van der Waals surface area contributed by atoms with Crippen LogP contribution in [0.3, 0.4) is 0 Å². The summed E-state index contributed by atoms with van der Waals surface area (Å²) in [5.41, 5.74) is -0.726. The molecule has 1 rings (SSSR count). The molecule has 0 aromatic carbocycles. The van der Waals surface area contributed by atoms with Gasteiger partial charge in [-0.05, 0) is 6.26 Å². The Labute approximate surface area is 69.2 Å². The second-order valence-electron chi connectivity index (χ2n) is 2.91. The molecule has 0 heterocycles. The van der Waals surface area contributed by atoms with Crippen LogP contribution in [0.4, 0.5) is 0 Å². The van der Waals surface area contributed by atoms with Crippen molar-refractivity contribution in [1.82, 2.24) is 0 Å². The van der Waals surface area contributed by atoms with Crippen molar-refractivity contribution in [1.29, 1.82) is 0 Å². The van der Waals surface area contributed by atoms with E-state index in [1.807, 2.05) is 6.26 Å². The molecule has 0 aromatic rings. The number of aliphatic carboxylic acids is 1. The predicted octanol–water partition coefficient (Wildman–Crippen LogP) is 0.783. The quantitative estimate of drug-likeness (QED) is 0.687. The Balaban J connectivity index is 2.60. The Hall–Kier alpha value is -0.510. The van der Waals surface area contributed by atoms with Gasteiger partial charge in [0.1, 0.15) is 5.78 Å². The van der Waals surface area contributed by atoms with Crippen molar-refractivity contribution in [3.63, 3.8) is 0 Å². The summed E-state index contributed by atoms with van der Waals surface area (Å²) in [6.07, 6.45) is 2.31. The van der Waals surface area contributed by atoms with Crippen molar-refractivity contribution in [2.24, 2.45) is 5.41 Å². The van der Waals surface area contributed by atoms with Crippen LogP contribution < -0.4 is 0 Å². The minimum absolute atomic E-state index is 0.0708. The van der Waals surface area contributed by atoms with Crippen LogP contribution in [-0.2, 0) is 9.59 Å². The number of hydrogen-bond acceptors (Lipinski definition) is 3. The SMILES string of the molecule is CSCC1(C(=O)O)CC(=O)C1. The number of hydrogen-bond donors (Lipinski definition) is 1. The van der Waals surface area contributed by atoms with Crippen LogP contribution >= 0.6 is 11.8 Å². The number of carboxylic acids is 1. The molecule has 0 radical (unpaired) electrons. The molecule has 3 nitrogen and oxygen atoms in total. The molecule has 1 aliphatic carbocycles. The minimum atomic E-state index is -0.827. The average Bonchev–Trinajstić information content (AvgIpc) is 1.84. The molecule has 1 aliphatic rings. The van der Waals surface area contributed by atoms with Crippen molar-refractivity contribution >= 4 is 23.5 Å². The van der Waals surface area contributed by atoms with Crippen LogP contribution in [0.5, 0.6) is 0 Å². The molecule has 1 N–H and O–H groups in total. The Morgan fingerprint density at radius 1 is 1.73 bits per heavy atom. The lowest BCUT2D eigenvalue weighted by Crippen LogP contribution is -2.46. The molecule has 0 aliphatic heterocycles. The number of ketones is 1. The fourth-order valence-corrected chi connectivity index (χ4v) is 2.17. The van der Waals surface area contributed by atoms with Gasteiger partial charge >= 0.3 is 5.97 Å². The van der Waals surface area contributed by atoms with Crippen molar-refractivity contribution in [3.05, 3.63) is 0 Å². The molecule has 1 fully saturated rings. The molecule has 11 heavy (non-hydrogen) atoms. The summed E-state index contributed by atoms with van der Waals surface area (Å²) in [5.74, 6) is -0.207. The van der Waals surface area contributed by atoms with E-state index in [1.165, 1.54) is 11.8 Å². The molecule has 0 saturated heterocycles. The maximum atomic E-state index is 10.7. The maximum Gasteiger partial charge on any atom is 0.311 e. The molecule has 62 valence electrons. The summed E-state index contributed by atoms with van der Waals surface area (Å²) < 4.78 is 0. The van der Waals surface area contributed by atoms with E-state index in [9.17, 15) is 9.59 Å². The van der Waals surface area contributed by atoms with Gasteiger partial charge in [0.25, 0.3) is 0 Å². The van der Waals surface area contributed by atoms with Crippen LogP contribution in [0.2, 0.25) is 0 Å². The summed E-state index contributed by atoms with van der Waals surface area (Å²) in [6, 6.07) is 0. The molecule has 1 saturated carbocycles. The van der Waals surface area contributed by atoms with Gasteiger partial charge in [0.05, 0.1) is 5.41 Å². The molecule has 0 atom stereocenters. The lowest BCUT2D eigenvalue weighted by atomic mass is 9.69. The normalized spacial score (nSPS) is 21.0. The molecule has 0 unspecified atom stereocenters. The van der Waals surface area contributed by atoms with Crippen molar-refractivity contribution < 1.29 is 14.7 Å². The van der Waals surface area contributed by atoms with Crippen molar-refractivity contribution in [2.75, 3.05) is 12.0 Å². The molecule has 0 spiro atoms. The first-order chi connectivity index (χ1) is 5.10. The zero-order valence-electron chi connectivity index (χ0n) is 6.29. The third-order valence-corrected chi connectivity index (χ3v) is 2.79. The van der Waals surface area contributed by atoms with Crippen LogP contribution in [-0.4, -0.2) is 28.9 Å². The fraction of sp³-hybridized carbons (Fsp3) is 0.714. The third-order valence-electron chi connectivity index (χ3n) is 1.95. The van der Waals surface area contributed by atoms with E-state index < -0.39 is 11.4 Å². The molecular weight excluding hydrogens is 164 g/mol. The van der Waals surface area contributed by atoms with Gasteiger partial charge < -0.3 is 5.11 Å². The highest BCUT2D eigenvalue weighted by Gasteiger charge is 2.49. The Morgan fingerprint density at radius 2 is 2.27 bits per heavy atom. The van der Waals surface area contributed by atoms with Gasteiger partial charge in [-0.25, -0.2) is 0 Å². The van der Waals surface area contributed by atoms with E-state index >= 15 is 0 Å². The highest BCUT2D eigenvalue weighted by Crippen LogP contribution is 2.40. The van der Waals surface area contributed by atoms with Gasteiger partial charge in [-0.1, -0.05) is 0 Å². The van der Waals surface area contributed by atoms with Crippen LogP contribution in [0.25, 0.3) is 0 Å². The van der Waals surface area contributed by atoms with Gasteiger partial charge in [0.2, 0.25) is 0 Å². The lowest BCUT2D eigenvalue weighted by molar-refractivity contribution is -0.158. The maximum absolute atomic E-state index is 10.7. The van der Waals surface area contributed by atoms with Crippen LogP contribution in [0, 0.1) is 5.41 Å². The van der Waals surface area contributed by atoms with Crippen molar-refractivity contribution in [2.45, 2.75) is 12.8 Å². The summed E-state index contributed by atoms with van der Waals surface area (Å²) in [5, 5.41) is 8.77. The van der Waals surface area contributed by atoms with Gasteiger partial charge in [-0.2, -0.15) is 11.8 Å². The Morgan fingerprint density at radius 3 is 2.55 bits per heavy atom. The summed E-state index contributed by atoms with van der Waals surface area (Å²) in [7, 11) is 0. The number of thioether (sulfide) groups is 1. The van der Waals surface area contributed by atoms with E-state index in [0.717, 1.165) is 0 Å². The first-order valence-electron chi connectivity index (χ1n) is 3.35. The van der Waals surface area contributed by atoms with E-state index in [-0.39, 0.29) is 18.6 Å². The number of carbonyl (C=O) groups is 2. The first kappa shape index (κ1) is 8.59. The van der Waals surface area contributed by atoms with Gasteiger partial charge in [0, 0.05) is 18.6 Å². The highest BCUT2D eigenvalue weighted by molar-refractivity contribution is 7.98. The number of rotatable bonds is 3. The van der Waals surface area contributed by atoms with E-state index in [1.54, 1.807) is 0 Å². The second-order valence-corrected chi connectivity index (χ2v) is 3.78. The molecule has 0 aromatic heterocycles. The summed E-state index contributed by atoms with van der Waals surface area (Å²) >= 11 is 1.48. The van der Waals surface area contributed by atoms with Crippen LogP contribution in [0.15, 0.2) is 0 Å². The standard InChI is InChI=1S/C7H10O3S/c1-11-4-7(6(9)10)2-5(8)3-7/h2-4H2,1H3,(H,9,10). The van der Waals surface area contributed by atoms with Gasteiger partial charge in [-0.15, -0.1) is 0 Å². The van der Waals surface area contributed by atoms with E-state index in [4.69, 9.17) is 5.11 Å². The third kappa shape index (κ3) is 1.40. The second kappa shape index (κ2) is 2.85. The summed E-state index contributed by atoms with van der Waals surface area (Å²) in [6.45, 7) is 0. The topological polar surface area (TPSA) is 54.4 Å². The number of carbonyl (C=O) groups excluding carboxylic acids is 1. The van der Waals surface area contributed by atoms with E-state index in [0.29, 0.717) is 5.75 Å². The van der Waals surface area contributed by atoms with Gasteiger partial charge in [-0.3, -0.25) is 9.59 Å². The first-order valence-corrected chi connectivity index (χ1v) is 4.74. The zero-order valence-corrected chi connectivity index (χ0v) is 7.11. The fourth-order valence-electron chi connectivity index (χ4n) is 1.29. The number of carboxylic acid groups (broad SMARTS) is 1. The largest absolute Gasteiger partial charge is 0.481 e. The zero-order chi connectivity index (χ0) is 8.48. The monoisotopic (exact) mass is 174 g/mol. The Bertz CT molecular complexity index is 192. The van der Waals surface area contributed by atoms with Crippen LogP contribution in [0.1, 0.15) is 12.8 Å².